The van der Waals surface area contributed by atoms with Crippen LogP contribution in [0.25, 0.3) is 0 Å². The molecule has 1 aromatic rings. The van der Waals surface area contributed by atoms with Gasteiger partial charge < -0.3 is 10.5 Å². The Hall–Kier alpha value is -1.59. The Kier molecular flexibility index (Phi) is 5.45. The molecule has 3 N–H and O–H groups in total. The Morgan fingerprint density at radius 2 is 2.18 bits per heavy atom. The van der Waals surface area contributed by atoms with Crippen molar-refractivity contribution < 1.29 is 14.4 Å². The summed E-state index contributed by atoms with van der Waals surface area (Å²) in [7, 11) is 1.64. The number of para-hydroxylation sites is 1. The van der Waals surface area contributed by atoms with Gasteiger partial charge in [0.1, 0.15) is 12.4 Å². The molecule has 0 aliphatic carbocycles. The summed E-state index contributed by atoms with van der Waals surface area (Å²) in [5, 5.41) is 0. The number of amides is 1. The van der Waals surface area contributed by atoms with Gasteiger partial charge in [-0.25, -0.2) is 0 Å². The van der Waals surface area contributed by atoms with Crippen molar-refractivity contribution >= 4 is 5.91 Å². The Morgan fingerprint density at radius 1 is 1.47 bits per heavy atom. The number of carbonyl (C=O) groups is 1. The van der Waals surface area contributed by atoms with E-state index in [4.69, 9.17) is 15.3 Å². The number of hydrogen-bond acceptors (Lipinski definition) is 4. The van der Waals surface area contributed by atoms with Crippen molar-refractivity contribution in [2.75, 3.05) is 13.7 Å². The van der Waals surface area contributed by atoms with Crippen LogP contribution >= 0.6 is 0 Å². The molecule has 0 aliphatic rings. The van der Waals surface area contributed by atoms with Crippen LogP contribution in [-0.2, 0) is 16.1 Å². The molecule has 0 fully saturated rings. The second kappa shape index (κ2) is 6.88. The highest BCUT2D eigenvalue weighted by molar-refractivity contribution is 5.74. The fraction of sp³-hybridized carbons (Fsp3) is 0.417. The standard InChI is InChI=1S/C12H18N2O3/c1-9(14-17-8-12(13)15)7-10-5-3-4-6-11(10)16-2/h3-6,9,14H,7-8H2,1-2H3,(H2,13,15). The molecule has 0 heterocycles. The molecule has 0 saturated heterocycles. The molecule has 1 unspecified atom stereocenters. The summed E-state index contributed by atoms with van der Waals surface area (Å²) < 4.78 is 5.25. The fourth-order valence-electron chi connectivity index (χ4n) is 1.50. The highest BCUT2D eigenvalue weighted by Crippen LogP contribution is 2.18. The monoisotopic (exact) mass is 238 g/mol. The maximum Gasteiger partial charge on any atom is 0.245 e. The summed E-state index contributed by atoms with van der Waals surface area (Å²) in [6.07, 6.45) is 0.739. The zero-order chi connectivity index (χ0) is 12.7. The lowest BCUT2D eigenvalue weighted by Gasteiger charge is -2.15. The van der Waals surface area contributed by atoms with Crippen molar-refractivity contribution in [3.8, 4) is 5.75 Å². The van der Waals surface area contributed by atoms with Gasteiger partial charge in [0, 0.05) is 6.04 Å². The number of ether oxygens (including phenoxy) is 1. The smallest absolute Gasteiger partial charge is 0.245 e. The van der Waals surface area contributed by atoms with E-state index in [0.29, 0.717) is 0 Å². The average molecular weight is 238 g/mol. The van der Waals surface area contributed by atoms with Crippen molar-refractivity contribution in [1.29, 1.82) is 0 Å². The van der Waals surface area contributed by atoms with Gasteiger partial charge in [-0.2, -0.15) is 5.48 Å². The molecular formula is C12H18N2O3. The number of nitrogens with one attached hydrogen (secondary N) is 1. The minimum Gasteiger partial charge on any atom is -0.496 e. The first-order valence-corrected chi connectivity index (χ1v) is 5.41. The average Bonchev–Trinajstić information content (AvgIpc) is 2.29. The summed E-state index contributed by atoms with van der Waals surface area (Å²) >= 11 is 0. The number of nitrogens with two attached hydrogens (primary N) is 1. The van der Waals surface area contributed by atoms with Gasteiger partial charge in [-0.3, -0.25) is 9.63 Å². The minimum atomic E-state index is -0.498. The van der Waals surface area contributed by atoms with E-state index in [2.05, 4.69) is 5.48 Å². The molecule has 0 radical (unpaired) electrons. The normalized spacial score (nSPS) is 12.1. The van der Waals surface area contributed by atoms with Gasteiger partial charge >= 0.3 is 0 Å². The molecule has 0 saturated carbocycles. The molecule has 1 aromatic carbocycles. The Balaban J connectivity index is 2.44. The number of hydrogen-bond donors (Lipinski definition) is 2. The molecule has 94 valence electrons. The zero-order valence-corrected chi connectivity index (χ0v) is 10.1. The SMILES string of the molecule is COc1ccccc1CC(C)NOCC(N)=O. The molecule has 5 heteroatoms. The van der Waals surface area contributed by atoms with Gasteiger partial charge in [-0.1, -0.05) is 18.2 Å². The van der Waals surface area contributed by atoms with E-state index >= 15 is 0 Å². The summed E-state index contributed by atoms with van der Waals surface area (Å²) in [5.74, 6) is 0.345. The number of methoxy groups -OCH3 is 1. The molecule has 1 rings (SSSR count). The Morgan fingerprint density at radius 3 is 2.82 bits per heavy atom. The predicted molar refractivity (Wildman–Crippen MR) is 64.4 cm³/mol. The Labute approximate surface area is 101 Å². The predicted octanol–water partition coefficient (Wildman–Crippen LogP) is 0.633. The lowest BCUT2D eigenvalue weighted by atomic mass is 10.1. The van der Waals surface area contributed by atoms with Crippen LogP contribution in [0.15, 0.2) is 24.3 Å². The van der Waals surface area contributed by atoms with Gasteiger partial charge in [0.15, 0.2) is 0 Å². The van der Waals surface area contributed by atoms with E-state index in [1.165, 1.54) is 0 Å². The molecule has 1 atom stereocenters. The topological polar surface area (TPSA) is 73.6 Å². The van der Waals surface area contributed by atoms with E-state index in [1.54, 1.807) is 7.11 Å². The lowest BCUT2D eigenvalue weighted by Crippen LogP contribution is -2.32. The van der Waals surface area contributed by atoms with Crippen LogP contribution in [0.3, 0.4) is 0 Å². The third-order valence-electron chi connectivity index (χ3n) is 2.22. The van der Waals surface area contributed by atoms with Crippen LogP contribution in [0, 0.1) is 0 Å². The van der Waals surface area contributed by atoms with E-state index in [9.17, 15) is 4.79 Å². The van der Waals surface area contributed by atoms with Crippen molar-refractivity contribution in [2.45, 2.75) is 19.4 Å². The van der Waals surface area contributed by atoms with Crippen LogP contribution in [-0.4, -0.2) is 25.7 Å². The van der Waals surface area contributed by atoms with E-state index < -0.39 is 5.91 Å². The lowest BCUT2D eigenvalue weighted by molar-refractivity contribution is -0.125. The molecule has 0 aliphatic heterocycles. The van der Waals surface area contributed by atoms with Gasteiger partial charge in [0.2, 0.25) is 5.91 Å². The molecule has 5 nitrogen and oxygen atoms in total. The van der Waals surface area contributed by atoms with Crippen molar-refractivity contribution in [2.24, 2.45) is 5.73 Å². The van der Waals surface area contributed by atoms with Crippen molar-refractivity contribution in [3.05, 3.63) is 29.8 Å². The first kappa shape index (κ1) is 13.5. The highest BCUT2D eigenvalue weighted by Gasteiger charge is 2.08. The number of hydroxylamine groups is 1. The third kappa shape index (κ3) is 4.84. The number of benzene rings is 1. The number of rotatable bonds is 7. The second-order valence-electron chi connectivity index (χ2n) is 3.79. The third-order valence-corrected chi connectivity index (χ3v) is 2.22. The summed E-state index contributed by atoms with van der Waals surface area (Å²) in [6.45, 7) is 1.82. The highest BCUT2D eigenvalue weighted by atomic mass is 16.6. The summed E-state index contributed by atoms with van der Waals surface area (Å²) in [5.41, 5.74) is 8.79. The van der Waals surface area contributed by atoms with Gasteiger partial charge in [0.05, 0.1) is 7.11 Å². The minimum absolute atomic E-state index is 0.0608. The molecule has 0 bridgehead atoms. The number of carbonyl (C=O) groups excluding carboxylic acids is 1. The number of primary amides is 1. The quantitative estimate of drug-likeness (QED) is 0.683. The second-order valence-corrected chi connectivity index (χ2v) is 3.79. The van der Waals surface area contributed by atoms with Gasteiger partial charge in [-0.05, 0) is 25.0 Å². The fourth-order valence-corrected chi connectivity index (χ4v) is 1.50. The largest absolute Gasteiger partial charge is 0.496 e. The molecule has 1 amide bonds. The van der Waals surface area contributed by atoms with Gasteiger partial charge in [-0.15, -0.1) is 0 Å². The molecule has 0 spiro atoms. The summed E-state index contributed by atoms with van der Waals surface area (Å²) in [4.78, 5) is 15.4. The van der Waals surface area contributed by atoms with E-state index in [1.807, 2.05) is 31.2 Å². The van der Waals surface area contributed by atoms with Crippen LogP contribution < -0.4 is 16.0 Å². The van der Waals surface area contributed by atoms with Crippen molar-refractivity contribution in [1.82, 2.24) is 5.48 Å². The maximum atomic E-state index is 10.5. The Bertz CT molecular complexity index is 369. The van der Waals surface area contributed by atoms with Crippen LogP contribution in [0.2, 0.25) is 0 Å². The van der Waals surface area contributed by atoms with Crippen LogP contribution in [0.1, 0.15) is 12.5 Å². The van der Waals surface area contributed by atoms with Crippen LogP contribution in [0.5, 0.6) is 5.75 Å². The van der Waals surface area contributed by atoms with Gasteiger partial charge in [0.25, 0.3) is 0 Å². The first-order valence-electron chi connectivity index (χ1n) is 5.41. The van der Waals surface area contributed by atoms with Crippen molar-refractivity contribution in [3.63, 3.8) is 0 Å². The molecule has 0 aromatic heterocycles. The zero-order valence-electron chi connectivity index (χ0n) is 10.1. The summed E-state index contributed by atoms with van der Waals surface area (Å²) in [6, 6.07) is 7.83. The van der Waals surface area contributed by atoms with E-state index in [0.717, 1.165) is 17.7 Å². The molecule has 17 heavy (non-hydrogen) atoms. The van der Waals surface area contributed by atoms with Crippen LogP contribution in [0.4, 0.5) is 0 Å². The molecular weight excluding hydrogens is 220 g/mol. The van der Waals surface area contributed by atoms with E-state index in [-0.39, 0.29) is 12.6 Å². The maximum absolute atomic E-state index is 10.5. The first-order chi connectivity index (χ1) is 8.13.